The van der Waals surface area contributed by atoms with Crippen LogP contribution in [0.2, 0.25) is 0 Å². The monoisotopic (exact) mass is 420 g/mol. The highest BCUT2D eigenvalue weighted by atomic mass is 16.6. The Morgan fingerprint density at radius 1 is 1.13 bits per heavy atom. The van der Waals surface area contributed by atoms with Crippen LogP contribution in [-0.2, 0) is 20.7 Å². The molecule has 0 bridgehead atoms. The van der Waals surface area contributed by atoms with E-state index in [0.29, 0.717) is 57.3 Å². The molecule has 0 aromatic heterocycles. The lowest BCUT2D eigenvalue weighted by Gasteiger charge is -2.33. The zero-order valence-corrected chi connectivity index (χ0v) is 17.8. The Morgan fingerprint density at radius 2 is 1.83 bits per heavy atom. The number of rotatable bonds is 7. The molecule has 0 spiro atoms. The van der Waals surface area contributed by atoms with E-state index in [0.717, 1.165) is 10.5 Å². The highest BCUT2D eigenvalue weighted by Crippen LogP contribution is 2.28. The molecule has 2 heterocycles. The van der Waals surface area contributed by atoms with E-state index in [-0.39, 0.29) is 30.4 Å². The summed E-state index contributed by atoms with van der Waals surface area (Å²) < 4.78 is 15.6. The fraction of sp³-hybridized carbons (Fsp3) is 0.571. The average Bonchev–Trinajstić information content (AvgIpc) is 3.05. The van der Waals surface area contributed by atoms with Crippen LogP contribution in [0.25, 0.3) is 0 Å². The molecule has 0 unspecified atom stereocenters. The number of nitrogens with zero attached hydrogens (tertiary/aromatic N) is 2. The summed E-state index contributed by atoms with van der Waals surface area (Å²) >= 11 is 0. The maximum atomic E-state index is 12.9. The average molecular weight is 420 g/mol. The highest BCUT2D eigenvalue weighted by Gasteiger charge is 2.45. The SMILES string of the molecule is CCOC(=O)N1CC[NH+]([C@@H]2CC(=O)N(CCc3ccc(OC)c(OC)c3)C2=O)CC1. The van der Waals surface area contributed by atoms with Crippen molar-refractivity contribution < 1.29 is 33.5 Å². The molecule has 0 saturated carbocycles. The van der Waals surface area contributed by atoms with Crippen molar-refractivity contribution >= 4 is 17.9 Å². The standard InChI is InChI=1S/C21H29N3O6/c1-4-30-21(27)23-11-9-22(10-12-23)16-14-19(25)24(20(16)26)8-7-15-5-6-17(28-2)18(13-15)29-3/h5-6,13,16H,4,7-12,14H2,1-3H3/p+1/t16-/m1/s1. The number of ether oxygens (including phenoxy) is 3. The topological polar surface area (TPSA) is 89.8 Å². The zero-order chi connectivity index (χ0) is 21.7. The van der Waals surface area contributed by atoms with E-state index in [1.807, 2.05) is 18.2 Å². The molecule has 30 heavy (non-hydrogen) atoms. The van der Waals surface area contributed by atoms with Gasteiger partial charge in [0.1, 0.15) is 0 Å². The van der Waals surface area contributed by atoms with Gasteiger partial charge in [0, 0.05) is 6.54 Å². The summed E-state index contributed by atoms with van der Waals surface area (Å²) in [5.74, 6) is 1.00. The molecule has 1 aromatic carbocycles. The Morgan fingerprint density at radius 3 is 2.47 bits per heavy atom. The largest absolute Gasteiger partial charge is 0.493 e. The number of hydrogen-bond acceptors (Lipinski definition) is 6. The van der Waals surface area contributed by atoms with Crippen molar-refractivity contribution in [2.45, 2.75) is 25.8 Å². The molecule has 164 valence electrons. The van der Waals surface area contributed by atoms with Crippen LogP contribution in [0.3, 0.4) is 0 Å². The number of quaternary nitrogens is 1. The van der Waals surface area contributed by atoms with Gasteiger partial charge in [0.05, 0.1) is 53.4 Å². The Labute approximate surface area is 176 Å². The first-order valence-corrected chi connectivity index (χ1v) is 10.3. The number of carbonyl (C=O) groups excluding carboxylic acids is 3. The fourth-order valence-corrected chi connectivity index (χ4v) is 4.05. The molecule has 2 saturated heterocycles. The van der Waals surface area contributed by atoms with Gasteiger partial charge in [-0.25, -0.2) is 4.79 Å². The van der Waals surface area contributed by atoms with E-state index in [1.165, 1.54) is 4.90 Å². The fourth-order valence-electron chi connectivity index (χ4n) is 4.05. The van der Waals surface area contributed by atoms with E-state index in [1.54, 1.807) is 26.0 Å². The third kappa shape index (κ3) is 4.67. The van der Waals surface area contributed by atoms with Crippen molar-refractivity contribution in [1.29, 1.82) is 0 Å². The number of imide groups is 1. The van der Waals surface area contributed by atoms with Gasteiger partial charge in [-0.2, -0.15) is 0 Å². The minimum absolute atomic E-state index is 0.125. The van der Waals surface area contributed by atoms with E-state index in [4.69, 9.17) is 14.2 Å². The molecule has 2 aliphatic rings. The number of hydrogen-bond donors (Lipinski definition) is 1. The Hall–Kier alpha value is -2.81. The molecule has 1 N–H and O–H groups in total. The predicted molar refractivity (Wildman–Crippen MR) is 108 cm³/mol. The van der Waals surface area contributed by atoms with Crippen LogP contribution in [0.5, 0.6) is 11.5 Å². The Kier molecular flexibility index (Phi) is 7.15. The van der Waals surface area contributed by atoms with Gasteiger partial charge in [-0.1, -0.05) is 6.07 Å². The zero-order valence-electron chi connectivity index (χ0n) is 17.8. The number of likely N-dealkylation sites (tertiary alicyclic amines) is 1. The number of benzene rings is 1. The summed E-state index contributed by atoms with van der Waals surface area (Å²) in [6.45, 7) is 4.77. The van der Waals surface area contributed by atoms with Crippen LogP contribution in [0.4, 0.5) is 4.79 Å². The molecule has 2 fully saturated rings. The quantitative estimate of drug-likeness (QED) is 0.611. The maximum absolute atomic E-state index is 12.9. The second-order valence-electron chi connectivity index (χ2n) is 7.42. The molecule has 0 radical (unpaired) electrons. The first kappa shape index (κ1) is 21.9. The molecule has 3 amide bonds. The third-order valence-corrected chi connectivity index (χ3v) is 5.74. The van der Waals surface area contributed by atoms with Crippen LogP contribution in [-0.4, -0.2) is 87.3 Å². The molecule has 1 aromatic rings. The van der Waals surface area contributed by atoms with Gasteiger partial charge in [-0.15, -0.1) is 0 Å². The van der Waals surface area contributed by atoms with Crippen molar-refractivity contribution in [2.24, 2.45) is 0 Å². The molecular formula is C21H30N3O6+. The maximum Gasteiger partial charge on any atom is 0.410 e. The second kappa shape index (κ2) is 9.80. The van der Waals surface area contributed by atoms with E-state index in [2.05, 4.69) is 0 Å². The molecule has 0 aliphatic carbocycles. The minimum atomic E-state index is -0.368. The smallest absolute Gasteiger partial charge is 0.410 e. The third-order valence-electron chi connectivity index (χ3n) is 5.74. The summed E-state index contributed by atoms with van der Waals surface area (Å²) in [6.07, 6.45) is 0.456. The lowest BCUT2D eigenvalue weighted by molar-refractivity contribution is -0.918. The van der Waals surface area contributed by atoms with E-state index in [9.17, 15) is 14.4 Å². The van der Waals surface area contributed by atoms with Gasteiger partial charge in [0.15, 0.2) is 17.5 Å². The van der Waals surface area contributed by atoms with Crippen LogP contribution in [0.15, 0.2) is 18.2 Å². The number of methoxy groups -OCH3 is 2. The lowest BCUT2D eigenvalue weighted by Crippen LogP contribution is -3.19. The number of amides is 3. The molecule has 1 atom stereocenters. The predicted octanol–water partition coefficient (Wildman–Crippen LogP) is -0.269. The summed E-state index contributed by atoms with van der Waals surface area (Å²) in [4.78, 5) is 41.3. The normalized spacial score (nSPS) is 19.9. The number of piperazine rings is 1. The number of nitrogens with one attached hydrogen (secondary N) is 1. The second-order valence-corrected chi connectivity index (χ2v) is 7.42. The van der Waals surface area contributed by atoms with Gasteiger partial charge in [0.2, 0.25) is 5.91 Å². The summed E-state index contributed by atoms with van der Waals surface area (Å²) in [6, 6.07) is 5.22. The molecule has 3 rings (SSSR count). The van der Waals surface area contributed by atoms with Crippen LogP contribution >= 0.6 is 0 Å². The lowest BCUT2D eigenvalue weighted by atomic mass is 10.1. The van der Waals surface area contributed by atoms with Gasteiger partial charge < -0.3 is 19.1 Å². The minimum Gasteiger partial charge on any atom is -0.493 e. The van der Waals surface area contributed by atoms with Gasteiger partial charge in [-0.05, 0) is 31.0 Å². The molecular weight excluding hydrogens is 390 g/mol. The van der Waals surface area contributed by atoms with Crippen molar-refractivity contribution in [1.82, 2.24) is 9.80 Å². The summed E-state index contributed by atoms with van der Waals surface area (Å²) in [7, 11) is 3.15. The van der Waals surface area contributed by atoms with Gasteiger partial charge in [0.25, 0.3) is 5.91 Å². The van der Waals surface area contributed by atoms with Gasteiger partial charge >= 0.3 is 6.09 Å². The van der Waals surface area contributed by atoms with Crippen molar-refractivity contribution in [2.75, 3.05) is 53.6 Å². The van der Waals surface area contributed by atoms with Crippen molar-refractivity contribution in [3.63, 3.8) is 0 Å². The summed E-state index contributed by atoms with van der Waals surface area (Å²) in [5.41, 5.74) is 0.965. The molecule has 2 aliphatic heterocycles. The number of carbonyl (C=O) groups is 3. The van der Waals surface area contributed by atoms with Crippen LogP contribution in [0.1, 0.15) is 18.9 Å². The van der Waals surface area contributed by atoms with Crippen molar-refractivity contribution in [3.8, 4) is 11.5 Å². The highest BCUT2D eigenvalue weighted by molar-refractivity contribution is 6.04. The van der Waals surface area contributed by atoms with Crippen LogP contribution in [0, 0.1) is 0 Å². The van der Waals surface area contributed by atoms with E-state index < -0.39 is 0 Å². The van der Waals surface area contributed by atoms with E-state index >= 15 is 0 Å². The first-order valence-electron chi connectivity index (χ1n) is 10.3. The molecule has 9 nitrogen and oxygen atoms in total. The Balaban J connectivity index is 1.56. The van der Waals surface area contributed by atoms with Gasteiger partial charge in [-0.3, -0.25) is 19.4 Å². The first-order chi connectivity index (χ1) is 14.5. The Bertz CT molecular complexity index is 791. The van der Waals surface area contributed by atoms with Crippen molar-refractivity contribution in [3.05, 3.63) is 23.8 Å². The summed E-state index contributed by atoms with van der Waals surface area (Å²) in [5, 5.41) is 0. The molecule has 9 heteroatoms. The van der Waals surface area contributed by atoms with Crippen LogP contribution < -0.4 is 14.4 Å².